The van der Waals surface area contributed by atoms with Crippen LogP contribution in [-0.2, 0) is 0 Å². The van der Waals surface area contributed by atoms with Crippen molar-refractivity contribution in [2.45, 2.75) is 25.3 Å². The third-order valence-corrected chi connectivity index (χ3v) is 6.16. The van der Waals surface area contributed by atoms with Gasteiger partial charge in [-0.05, 0) is 32.4 Å². The molecule has 1 saturated heterocycles. The first-order valence-electron chi connectivity index (χ1n) is 10.00. The maximum Gasteiger partial charge on any atom is 0.341 e. The number of carboxylic acids is 1. The lowest BCUT2D eigenvalue weighted by Crippen LogP contribution is -2.37. The summed E-state index contributed by atoms with van der Waals surface area (Å²) >= 11 is 0. The predicted octanol–water partition coefficient (Wildman–Crippen LogP) is 2.57. The summed E-state index contributed by atoms with van der Waals surface area (Å²) in [5.74, 6) is -1.84. The van der Waals surface area contributed by atoms with Crippen molar-refractivity contribution >= 4 is 22.6 Å². The molecule has 30 heavy (non-hydrogen) atoms. The van der Waals surface area contributed by atoms with Crippen molar-refractivity contribution in [3.63, 3.8) is 0 Å². The molecule has 1 aromatic heterocycles. The van der Waals surface area contributed by atoms with E-state index in [1.165, 1.54) is 13.3 Å². The molecule has 2 aromatic rings. The molecule has 1 aliphatic heterocycles. The van der Waals surface area contributed by atoms with Gasteiger partial charge in [0.1, 0.15) is 11.3 Å². The topological polar surface area (TPSA) is 83.8 Å². The molecule has 4 rings (SSSR count). The average Bonchev–Trinajstić information content (AvgIpc) is 3.48. The number of methoxy groups -OCH3 is 1. The molecule has 2 aliphatic rings. The van der Waals surface area contributed by atoms with Crippen molar-refractivity contribution in [1.82, 2.24) is 9.88 Å². The number of benzene rings is 1. The van der Waals surface area contributed by atoms with Crippen molar-refractivity contribution in [3.05, 3.63) is 33.9 Å². The molecule has 1 atom stereocenters. The largest absolute Gasteiger partial charge is 0.492 e. The summed E-state index contributed by atoms with van der Waals surface area (Å²) < 4.78 is 36.4. The van der Waals surface area contributed by atoms with E-state index in [2.05, 4.69) is 5.32 Å². The van der Waals surface area contributed by atoms with Crippen LogP contribution in [0.4, 0.5) is 14.5 Å². The number of hydrogen-bond donors (Lipinski definition) is 2. The van der Waals surface area contributed by atoms with Crippen LogP contribution in [0.25, 0.3) is 10.9 Å². The molecule has 0 unspecified atom stereocenters. The smallest absolute Gasteiger partial charge is 0.341 e. The number of aromatic carboxylic acids is 1. The number of ether oxygens (including phenoxy) is 1. The fraction of sp³-hybridized carbons (Fsp3) is 0.524. The van der Waals surface area contributed by atoms with Crippen LogP contribution in [0.1, 0.15) is 35.7 Å². The summed E-state index contributed by atoms with van der Waals surface area (Å²) in [7, 11) is 3.15. The Hall–Kier alpha value is -2.68. The molecule has 1 saturated carbocycles. The lowest BCUT2D eigenvalue weighted by molar-refractivity contribution is 0.0695. The molecule has 7 nitrogen and oxygen atoms in total. The first kappa shape index (κ1) is 20.6. The Morgan fingerprint density at radius 3 is 2.73 bits per heavy atom. The normalized spacial score (nSPS) is 21.4. The molecular weight excluding hydrogens is 396 g/mol. The minimum atomic E-state index is -1.35. The lowest BCUT2D eigenvalue weighted by Gasteiger charge is -2.28. The third kappa shape index (κ3) is 3.21. The van der Waals surface area contributed by atoms with Gasteiger partial charge in [-0.1, -0.05) is 0 Å². The number of carboxylic acid groups (broad SMARTS) is 1. The number of carbonyl (C=O) groups is 1. The van der Waals surface area contributed by atoms with E-state index in [1.807, 2.05) is 0 Å². The van der Waals surface area contributed by atoms with Crippen LogP contribution in [0, 0.1) is 11.2 Å². The first-order chi connectivity index (χ1) is 14.4. The van der Waals surface area contributed by atoms with Gasteiger partial charge in [0.05, 0.1) is 24.7 Å². The zero-order valence-electron chi connectivity index (χ0n) is 17.0. The number of fused-ring (bicyclic) bond motifs is 1. The zero-order chi connectivity index (χ0) is 21.6. The van der Waals surface area contributed by atoms with Gasteiger partial charge in [-0.3, -0.25) is 9.18 Å². The highest BCUT2D eigenvalue weighted by atomic mass is 19.1. The molecule has 0 radical (unpaired) electrons. The van der Waals surface area contributed by atoms with Gasteiger partial charge in [-0.25, -0.2) is 9.18 Å². The molecule has 1 aromatic carbocycles. The second-order valence-corrected chi connectivity index (χ2v) is 8.29. The van der Waals surface area contributed by atoms with Crippen LogP contribution in [-0.4, -0.2) is 56.1 Å². The van der Waals surface area contributed by atoms with E-state index in [0.717, 1.165) is 18.9 Å². The highest BCUT2D eigenvalue weighted by Crippen LogP contribution is 2.45. The Morgan fingerprint density at radius 2 is 2.17 bits per heavy atom. The van der Waals surface area contributed by atoms with E-state index < -0.39 is 34.9 Å². The van der Waals surface area contributed by atoms with Gasteiger partial charge < -0.3 is 24.6 Å². The zero-order valence-corrected chi connectivity index (χ0v) is 17.0. The summed E-state index contributed by atoms with van der Waals surface area (Å²) in [5.41, 5.74) is -1.18. The third-order valence-electron chi connectivity index (χ3n) is 6.16. The second-order valence-electron chi connectivity index (χ2n) is 8.29. The Labute approximate surface area is 172 Å². The van der Waals surface area contributed by atoms with Gasteiger partial charge in [0.25, 0.3) is 0 Å². The van der Waals surface area contributed by atoms with E-state index in [-0.39, 0.29) is 22.9 Å². The van der Waals surface area contributed by atoms with E-state index in [9.17, 15) is 19.1 Å². The number of nitrogens with zero attached hydrogens (tertiary/aromatic N) is 2. The number of alkyl halides is 1. The van der Waals surface area contributed by atoms with Crippen LogP contribution in [0.2, 0.25) is 0 Å². The Balaban J connectivity index is 1.94. The number of rotatable bonds is 7. The minimum absolute atomic E-state index is 0.0222. The van der Waals surface area contributed by atoms with Crippen molar-refractivity contribution in [1.29, 1.82) is 0 Å². The van der Waals surface area contributed by atoms with Crippen LogP contribution >= 0.6 is 0 Å². The van der Waals surface area contributed by atoms with Crippen molar-refractivity contribution in [2.24, 2.45) is 5.41 Å². The molecule has 2 N–H and O–H groups in total. The lowest BCUT2D eigenvalue weighted by atomic mass is 9.89. The fourth-order valence-electron chi connectivity index (χ4n) is 4.53. The maximum absolute atomic E-state index is 15.3. The van der Waals surface area contributed by atoms with Crippen LogP contribution < -0.4 is 20.4 Å². The molecule has 2 heterocycles. The fourth-order valence-corrected chi connectivity index (χ4v) is 4.53. The number of pyridine rings is 1. The number of halogens is 2. The van der Waals surface area contributed by atoms with Crippen LogP contribution in [0.5, 0.6) is 5.75 Å². The van der Waals surface area contributed by atoms with E-state index in [4.69, 9.17) is 4.74 Å². The SMILES string of the molecule is CNC[C@]1(CF)CCN(c2c(F)cc3c(=O)c(C(=O)O)cn(C4CC4)c3c2OC)C1. The summed E-state index contributed by atoms with van der Waals surface area (Å²) in [4.78, 5) is 26.1. The summed E-state index contributed by atoms with van der Waals surface area (Å²) in [6, 6.07) is 1.13. The quantitative estimate of drug-likeness (QED) is 0.715. The Morgan fingerprint density at radius 1 is 1.43 bits per heavy atom. The van der Waals surface area contributed by atoms with Crippen LogP contribution in [0.15, 0.2) is 17.1 Å². The van der Waals surface area contributed by atoms with E-state index >= 15 is 4.39 Å². The summed E-state index contributed by atoms with van der Waals surface area (Å²) in [6.07, 6.45) is 3.55. The highest BCUT2D eigenvalue weighted by molar-refractivity contribution is 5.97. The standard InChI is InChI=1S/C21H25F2N3O4/c1-24-10-21(9-22)5-6-25(11-21)17-15(23)7-13-16(19(17)30-2)26(12-3-4-12)8-14(18(13)27)20(28)29/h7-8,12,24H,3-6,9-11H2,1-2H3,(H,28,29)/t21-/m1/s1. The molecule has 0 amide bonds. The van der Waals surface area contributed by atoms with Gasteiger partial charge in [-0.2, -0.15) is 0 Å². The summed E-state index contributed by atoms with van der Waals surface area (Å²) in [5, 5.41) is 12.4. The summed E-state index contributed by atoms with van der Waals surface area (Å²) in [6.45, 7) is 0.693. The molecule has 162 valence electrons. The second kappa shape index (κ2) is 7.54. The number of aromatic nitrogens is 1. The highest BCUT2D eigenvalue weighted by Gasteiger charge is 2.40. The Kier molecular flexibility index (Phi) is 5.17. The van der Waals surface area contributed by atoms with Gasteiger partial charge in [0.2, 0.25) is 5.43 Å². The average molecular weight is 421 g/mol. The molecule has 9 heteroatoms. The maximum atomic E-state index is 15.3. The Bertz CT molecular complexity index is 1070. The van der Waals surface area contributed by atoms with Gasteiger partial charge in [0.15, 0.2) is 11.6 Å². The van der Waals surface area contributed by atoms with E-state index in [1.54, 1.807) is 16.5 Å². The molecular formula is C21H25F2N3O4. The van der Waals surface area contributed by atoms with Gasteiger partial charge in [0, 0.05) is 37.3 Å². The molecule has 1 aliphatic carbocycles. The molecule has 2 fully saturated rings. The van der Waals surface area contributed by atoms with Gasteiger partial charge >= 0.3 is 5.97 Å². The van der Waals surface area contributed by atoms with Crippen LogP contribution in [0.3, 0.4) is 0 Å². The number of anilines is 1. The molecule has 0 bridgehead atoms. The van der Waals surface area contributed by atoms with Crippen molar-refractivity contribution < 1.29 is 23.4 Å². The van der Waals surface area contributed by atoms with Crippen molar-refractivity contribution in [2.75, 3.05) is 45.4 Å². The molecule has 0 spiro atoms. The van der Waals surface area contributed by atoms with Crippen molar-refractivity contribution in [3.8, 4) is 5.75 Å². The minimum Gasteiger partial charge on any atom is -0.492 e. The number of hydrogen-bond acceptors (Lipinski definition) is 5. The monoisotopic (exact) mass is 421 g/mol. The van der Waals surface area contributed by atoms with E-state index in [0.29, 0.717) is 31.6 Å². The first-order valence-corrected chi connectivity index (χ1v) is 10.00. The predicted molar refractivity (Wildman–Crippen MR) is 109 cm³/mol. The number of nitrogens with one attached hydrogen (secondary N) is 1. The van der Waals surface area contributed by atoms with Gasteiger partial charge in [-0.15, -0.1) is 0 Å².